The molecule has 0 bridgehead atoms. The van der Waals surface area contributed by atoms with Crippen molar-refractivity contribution in [3.8, 4) is 17.2 Å². The standard InChI is InChI=1S/C29H38N2O6/c1-6-8-16-37-23-13-11-21(17-19(23)3)27(33)25-26(20-10-12-22(32)24(18-20)36-7-2)31(29(35)28(25)34)15-9-14-30(4)5/h10-13,17-18,26,32-33H,6-9,14-16H2,1-5H3/b27-25+. The van der Waals surface area contributed by atoms with Crippen LogP contribution >= 0.6 is 0 Å². The van der Waals surface area contributed by atoms with Crippen molar-refractivity contribution in [3.63, 3.8) is 0 Å². The number of carbonyl (C=O) groups is 2. The number of phenols is 1. The summed E-state index contributed by atoms with van der Waals surface area (Å²) >= 11 is 0. The molecule has 0 spiro atoms. The average molecular weight is 511 g/mol. The van der Waals surface area contributed by atoms with E-state index >= 15 is 0 Å². The predicted molar refractivity (Wildman–Crippen MR) is 143 cm³/mol. The van der Waals surface area contributed by atoms with Gasteiger partial charge >= 0.3 is 0 Å². The van der Waals surface area contributed by atoms with E-state index in [1.807, 2.05) is 25.9 Å². The third-order valence-corrected chi connectivity index (χ3v) is 6.35. The summed E-state index contributed by atoms with van der Waals surface area (Å²) < 4.78 is 11.4. The number of rotatable bonds is 12. The van der Waals surface area contributed by atoms with Crippen LogP contribution in [0.5, 0.6) is 17.2 Å². The van der Waals surface area contributed by atoms with Gasteiger partial charge < -0.3 is 29.5 Å². The molecule has 1 aliphatic heterocycles. The number of likely N-dealkylation sites (tertiary alicyclic amines) is 1. The number of hydrogen-bond acceptors (Lipinski definition) is 7. The number of hydrogen-bond donors (Lipinski definition) is 2. The van der Waals surface area contributed by atoms with Crippen LogP contribution in [0.4, 0.5) is 0 Å². The minimum Gasteiger partial charge on any atom is -0.507 e. The van der Waals surface area contributed by atoms with Crippen LogP contribution in [0.2, 0.25) is 0 Å². The van der Waals surface area contributed by atoms with Gasteiger partial charge in [-0.3, -0.25) is 9.59 Å². The Morgan fingerprint density at radius 3 is 2.43 bits per heavy atom. The number of phenolic OH excluding ortho intramolecular Hbond substituents is 1. The fourth-order valence-corrected chi connectivity index (χ4v) is 4.43. The van der Waals surface area contributed by atoms with Crippen molar-refractivity contribution in [2.45, 2.75) is 46.1 Å². The Balaban J connectivity index is 2.08. The minimum absolute atomic E-state index is 0.0158. The highest BCUT2D eigenvalue weighted by Crippen LogP contribution is 2.42. The second-order valence-corrected chi connectivity index (χ2v) is 9.49. The van der Waals surface area contributed by atoms with Gasteiger partial charge in [-0.05, 0) is 88.8 Å². The Hall–Kier alpha value is -3.52. The second kappa shape index (κ2) is 12.6. The molecule has 0 saturated carbocycles. The highest BCUT2D eigenvalue weighted by atomic mass is 16.5. The Kier molecular flexibility index (Phi) is 9.58. The Labute approximate surface area is 219 Å². The van der Waals surface area contributed by atoms with Gasteiger partial charge in [0.15, 0.2) is 11.5 Å². The first-order valence-electron chi connectivity index (χ1n) is 12.8. The quantitative estimate of drug-likeness (QED) is 0.186. The Morgan fingerprint density at radius 2 is 1.78 bits per heavy atom. The maximum atomic E-state index is 13.3. The highest BCUT2D eigenvalue weighted by Gasteiger charge is 2.46. The number of aromatic hydroxyl groups is 1. The molecule has 1 unspecified atom stereocenters. The molecule has 37 heavy (non-hydrogen) atoms. The van der Waals surface area contributed by atoms with E-state index in [0.717, 1.165) is 24.9 Å². The van der Waals surface area contributed by atoms with Crippen LogP contribution in [0, 0.1) is 6.92 Å². The summed E-state index contributed by atoms with van der Waals surface area (Å²) in [6.07, 6.45) is 2.61. The molecule has 8 heteroatoms. The van der Waals surface area contributed by atoms with Crippen LogP contribution in [-0.2, 0) is 9.59 Å². The topological polar surface area (TPSA) is 99.5 Å². The Bertz CT molecular complexity index is 1160. The van der Waals surface area contributed by atoms with Crippen molar-refractivity contribution >= 4 is 17.4 Å². The molecule has 1 fully saturated rings. The molecule has 0 radical (unpaired) electrons. The van der Waals surface area contributed by atoms with Crippen molar-refractivity contribution < 1.29 is 29.3 Å². The number of benzene rings is 2. The van der Waals surface area contributed by atoms with E-state index < -0.39 is 17.7 Å². The summed E-state index contributed by atoms with van der Waals surface area (Å²) in [7, 11) is 3.88. The number of carbonyl (C=O) groups excluding carboxylic acids is 2. The summed E-state index contributed by atoms with van der Waals surface area (Å²) in [4.78, 5) is 30.0. The van der Waals surface area contributed by atoms with Crippen molar-refractivity contribution in [3.05, 3.63) is 58.7 Å². The van der Waals surface area contributed by atoms with Crippen molar-refractivity contribution in [2.24, 2.45) is 0 Å². The lowest BCUT2D eigenvalue weighted by Crippen LogP contribution is -2.32. The SMILES string of the molecule is CCCCOc1ccc(/C(O)=C2\C(=O)C(=O)N(CCCN(C)C)C2c2ccc(O)c(OCC)c2)cc1C. The number of aliphatic hydroxyl groups excluding tert-OH is 1. The van der Waals surface area contributed by atoms with Gasteiger partial charge in [-0.1, -0.05) is 19.4 Å². The smallest absolute Gasteiger partial charge is 0.295 e. The number of unbranched alkanes of at least 4 members (excludes halogenated alkanes) is 1. The van der Waals surface area contributed by atoms with Gasteiger partial charge in [-0.15, -0.1) is 0 Å². The van der Waals surface area contributed by atoms with Gasteiger partial charge in [0.25, 0.3) is 11.7 Å². The third-order valence-electron chi connectivity index (χ3n) is 6.35. The molecular formula is C29H38N2O6. The lowest BCUT2D eigenvalue weighted by atomic mass is 9.94. The molecule has 0 aromatic heterocycles. The number of Topliss-reactive ketones (excluding diaryl/α,β-unsaturated/α-hetero) is 1. The molecule has 1 heterocycles. The summed E-state index contributed by atoms with van der Waals surface area (Å²) in [6, 6.07) is 9.16. The number of amides is 1. The molecule has 3 rings (SSSR count). The molecule has 1 amide bonds. The monoisotopic (exact) mass is 510 g/mol. The third kappa shape index (κ3) is 6.43. The molecule has 8 nitrogen and oxygen atoms in total. The van der Waals surface area contributed by atoms with Gasteiger partial charge in [0.2, 0.25) is 0 Å². The van der Waals surface area contributed by atoms with Crippen LogP contribution in [0.25, 0.3) is 5.76 Å². The van der Waals surface area contributed by atoms with Gasteiger partial charge in [0, 0.05) is 12.1 Å². The molecule has 0 aliphatic carbocycles. The Morgan fingerprint density at radius 1 is 1.03 bits per heavy atom. The van der Waals surface area contributed by atoms with Gasteiger partial charge in [-0.25, -0.2) is 0 Å². The zero-order valence-electron chi connectivity index (χ0n) is 22.4. The van der Waals surface area contributed by atoms with Crippen molar-refractivity contribution in [2.75, 3.05) is 40.4 Å². The van der Waals surface area contributed by atoms with Gasteiger partial charge in [-0.2, -0.15) is 0 Å². The van der Waals surface area contributed by atoms with Crippen LogP contribution < -0.4 is 9.47 Å². The molecule has 2 aromatic carbocycles. The molecule has 2 N–H and O–H groups in total. The van der Waals surface area contributed by atoms with E-state index in [-0.39, 0.29) is 22.8 Å². The summed E-state index contributed by atoms with van der Waals surface area (Å²) in [5.74, 6) is -0.710. The van der Waals surface area contributed by atoms with Crippen LogP contribution in [0.1, 0.15) is 55.8 Å². The summed E-state index contributed by atoms with van der Waals surface area (Å²) in [5.41, 5.74) is 1.84. The first kappa shape index (κ1) is 28.1. The zero-order valence-corrected chi connectivity index (χ0v) is 22.4. The number of aliphatic hydroxyl groups is 1. The molecule has 1 saturated heterocycles. The second-order valence-electron chi connectivity index (χ2n) is 9.49. The molecule has 1 aliphatic rings. The van der Waals surface area contributed by atoms with E-state index in [1.165, 1.54) is 11.0 Å². The number of ether oxygens (including phenoxy) is 2. The number of nitrogens with zero attached hydrogens (tertiary/aromatic N) is 2. The van der Waals surface area contributed by atoms with Crippen molar-refractivity contribution in [1.29, 1.82) is 0 Å². The van der Waals surface area contributed by atoms with Crippen LogP contribution in [-0.4, -0.2) is 72.1 Å². The van der Waals surface area contributed by atoms with Crippen LogP contribution in [0.15, 0.2) is 42.0 Å². The first-order valence-corrected chi connectivity index (χ1v) is 12.8. The minimum atomic E-state index is -0.817. The largest absolute Gasteiger partial charge is 0.507 e. The van der Waals surface area contributed by atoms with E-state index in [1.54, 1.807) is 37.3 Å². The lowest BCUT2D eigenvalue weighted by Gasteiger charge is -2.26. The van der Waals surface area contributed by atoms with Gasteiger partial charge in [0.05, 0.1) is 24.8 Å². The van der Waals surface area contributed by atoms with E-state index in [2.05, 4.69) is 6.92 Å². The predicted octanol–water partition coefficient (Wildman–Crippen LogP) is 4.65. The van der Waals surface area contributed by atoms with E-state index in [0.29, 0.717) is 43.1 Å². The van der Waals surface area contributed by atoms with E-state index in [4.69, 9.17) is 9.47 Å². The molecule has 2 aromatic rings. The highest BCUT2D eigenvalue weighted by molar-refractivity contribution is 6.46. The average Bonchev–Trinajstić information content (AvgIpc) is 3.11. The summed E-state index contributed by atoms with van der Waals surface area (Å²) in [5, 5.41) is 21.6. The van der Waals surface area contributed by atoms with Crippen molar-refractivity contribution in [1.82, 2.24) is 9.80 Å². The zero-order chi connectivity index (χ0) is 27.1. The molecular weight excluding hydrogens is 472 g/mol. The fourth-order valence-electron chi connectivity index (χ4n) is 4.43. The normalized spacial score (nSPS) is 17.0. The molecule has 200 valence electrons. The maximum absolute atomic E-state index is 13.3. The van der Waals surface area contributed by atoms with Gasteiger partial charge in [0.1, 0.15) is 11.5 Å². The first-order chi connectivity index (χ1) is 17.7. The fraction of sp³-hybridized carbons (Fsp3) is 0.448. The lowest BCUT2D eigenvalue weighted by molar-refractivity contribution is -0.139. The summed E-state index contributed by atoms with van der Waals surface area (Å²) in [6.45, 7) is 7.78. The number of ketones is 1. The number of aryl methyl sites for hydroxylation is 1. The van der Waals surface area contributed by atoms with E-state index in [9.17, 15) is 19.8 Å². The van der Waals surface area contributed by atoms with Crippen LogP contribution in [0.3, 0.4) is 0 Å². The molecule has 1 atom stereocenters. The maximum Gasteiger partial charge on any atom is 0.295 e.